The van der Waals surface area contributed by atoms with E-state index in [1.807, 2.05) is 6.07 Å². The Morgan fingerprint density at radius 1 is 1.36 bits per heavy atom. The zero-order chi connectivity index (χ0) is 9.97. The lowest BCUT2D eigenvalue weighted by Gasteiger charge is -1.99. The first-order valence-electron chi connectivity index (χ1n) is 3.88. The van der Waals surface area contributed by atoms with Crippen LogP contribution >= 0.6 is 0 Å². The van der Waals surface area contributed by atoms with E-state index in [-0.39, 0.29) is 11.4 Å². The molecule has 0 spiro atoms. The SMILES string of the molecule is N#Cc1cn(-c2ccccc2F)nn1. The Morgan fingerprint density at radius 3 is 2.79 bits per heavy atom. The molecule has 5 heteroatoms. The van der Waals surface area contributed by atoms with E-state index in [0.29, 0.717) is 0 Å². The molecule has 14 heavy (non-hydrogen) atoms. The average molecular weight is 188 g/mol. The van der Waals surface area contributed by atoms with Gasteiger partial charge in [-0.15, -0.1) is 5.10 Å². The number of hydrogen-bond donors (Lipinski definition) is 0. The minimum Gasteiger partial charge on any atom is -0.216 e. The summed E-state index contributed by atoms with van der Waals surface area (Å²) in [6.45, 7) is 0. The molecule has 0 unspecified atom stereocenters. The predicted octanol–water partition coefficient (Wildman–Crippen LogP) is 1.28. The molecule has 0 aliphatic rings. The molecule has 0 amide bonds. The number of rotatable bonds is 1. The third-order valence-corrected chi connectivity index (χ3v) is 1.71. The largest absolute Gasteiger partial charge is 0.216 e. The van der Waals surface area contributed by atoms with Gasteiger partial charge in [-0.2, -0.15) is 5.26 Å². The van der Waals surface area contributed by atoms with Gasteiger partial charge < -0.3 is 0 Å². The van der Waals surface area contributed by atoms with Gasteiger partial charge in [0.1, 0.15) is 17.6 Å². The van der Waals surface area contributed by atoms with Crippen molar-refractivity contribution in [2.24, 2.45) is 0 Å². The van der Waals surface area contributed by atoms with Gasteiger partial charge in [0.2, 0.25) is 0 Å². The van der Waals surface area contributed by atoms with E-state index in [2.05, 4.69) is 10.3 Å². The van der Waals surface area contributed by atoms with Crippen LogP contribution in [-0.4, -0.2) is 15.0 Å². The lowest BCUT2D eigenvalue weighted by atomic mass is 10.3. The van der Waals surface area contributed by atoms with Crippen LogP contribution in [0, 0.1) is 17.1 Å². The summed E-state index contributed by atoms with van der Waals surface area (Å²) in [5.41, 5.74) is 0.440. The zero-order valence-corrected chi connectivity index (χ0v) is 7.05. The molecule has 0 saturated carbocycles. The fourth-order valence-corrected chi connectivity index (χ4v) is 1.07. The molecule has 0 radical (unpaired) electrons. The van der Waals surface area contributed by atoms with Crippen LogP contribution in [-0.2, 0) is 0 Å². The Kier molecular flexibility index (Phi) is 1.95. The van der Waals surface area contributed by atoms with Crippen molar-refractivity contribution >= 4 is 0 Å². The van der Waals surface area contributed by atoms with Crippen LogP contribution in [0.2, 0.25) is 0 Å². The van der Waals surface area contributed by atoms with Crippen molar-refractivity contribution in [2.45, 2.75) is 0 Å². The van der Waals surface area contributed by atoms with Crippen molar-refractivity contribution in [1.29, 1.82) is 5.26 Å². The van der Waals surface area contributed by atoms with Crippen LogP contribution in [0.3, 0.4) is 0 Å². The number of para-hydroxylation sites is 1. The standard InChI is InChI=1S/C9H5FN4/c10-8-3-1-2-4-9(8)14-6-7(5-11)12-13-14/h1-4,6H. The topological polar surface area (TPSA) is 54.5 Å². The molecule has 0 fully saturated rings. The van der Waals surface area contributed by atoms with Crippen molar-refractivity contribution in [3.63, 3.8) is 0 Å². The maximum Gasteiger partial charge on any atom is 0.183 e. The molecule has 0 N–H and O–H groups in total. The number of halogens is 1. The van der Waals surface area contributed by atoms with Crippen molar-refractivity contribution < 1.29 is 4.39 Å². The van der Waals surface area contributed by atoms with E-state index in [4.69, 9.17) is 5.26 Å². The highest BCUT2D eigenvalue weighted by atomic mass is 19.1. The summed E-state index contributed by atoms with van der Waals surface area (Å²) in [5.74, 6) is -0.401. The summed E-state index contributed by atoms with van der Waals surface area (Å²) in [4.78, 5) is 0. The van der Waals surface area contributed by atoms with Gasteiger partial charge in [0, 0.05) is 0 Å². The van der Waals surface area contributed by atoms with Crippen molar-refractivity contribution in [2.75, 3.05) is 0 Å². The van der Waals surface area contributed by atoms with Crippen LogP contribution in [0.15, 0.2) is 30.5 Å². The van der Waals surface area contributed by atoms with Gasteiger partial charge in [-0.1, -0.05) is 17.3 Å². The van der Waals surface area contributed by atoms with E-state index in [9.17, 15) is 4.39 Å². The smallest absolute Gasteiger partial charge is 0.183 e. The third-order valence-electron chi connectivity index (χ3n) is 1.71. The lowest BCUT2D eigenvalue weighted by Crippen LogP contribution is -1.97. The van der Waals surface area contributed by atoms with Gasteiger partial charge in [-0.05, 0) is 12.1 Å². The van der Waals surface area contributed by atoms with Crippen LogP contribution in [0.4, 0.5) is 4.39 Å². The highest BCUT2D eigenvalue weighted by Gasteiger charge is 2.05. The molecule has 0 aliphatic heterocycles. The van der Waals surface area contributed by atoms with Gasteiger partial charge in [-0.3, -0.25) is 0 Å². The van der Waals surface area contributed by atoms with E-state index >= 15 is 0 Å². The number of aromatic nitrogens is 3. The Balaban J connectivity index is 2.51. The monoisotopic (exact) mass is 188 g/mol. The van der Waals surface area contributed by atoms with Crippen LogP contribution in [0.1, 0.15) is 5.69 Å². The van der Waals surface area contributed by atoms with Crippen molar-refractivity contribution in [3.8, 4) is 11.8 Å². The number of benzene rings is 1. The van der Waals surface area contributed by atoms with Crippen LogP contribution in [0.25, 0.3) is 5.69 Å². The fourth-order valence-electron chi connectivity index (χ4n) is 1.07. The van der Waals surface area contributed by atoms with E-state index in [0.717, 1.165) is 0 Å². The average Bonchev–Trinajstić information content (AvgIpc) is 2.67. The number of hydrogen-bond acceptors (Lipinski definition) is 3. The van der Waals surface area contributed by atoms with Crippen molar-refractivity contribution in [3.05, 3.63) is 42.0 Å². The van der Waals surface area contributed by atoms with Gasteiger partial charge in [0.15, 0.2) is 5.69 Å². The molecular weight excluding hydrogens is 183 g/mol. The molecule has 0 saturated heterocycles. The molecular formula is C9H5FN4. The van der Waals surface area contributed by atoms with Crippen LogP contribution in [0.5, 0.6) is 0 Å². The number of nitriles is 1. The Labute approximate surface area is 79.2 Å². The maximum absolute atomic E-state index is 13.2. The maximum atomic E-state index is 13.2. The summed E-state index contributed by atoms with van der Waals surface area (Å²) in [7, 11) is 0. The second-order valence-corrected chi connectivity index (χ2v) is 2.61. The molecule has 4 nitrogen and oxygen atoms in total. The molecule has 0 atom stereocenters. The highest BCUT2D eigenvalue weighted by molar-refractivity contribution is 5.33. The normalized spacial score (nSPS) is 9.71. The molecule has 0 bridgehead atoms. The van der Waals surface area contributed by atoms with Gasteiger partial charge in [-0.25, -0.2) is 9.07 Å². The van der Waals surface area contributed by atoms with Gasteiger partial charge >= 0.3 is 0 Å². The summed E-state index contributed by atoms with van der Waals surface area (Å²) in [5, 5.41) is 15.7. The Hall–Kier alpha value is -2.22. The van der Waals surface area contributed by atoms with E-state index in [1.54, 1.807) is 18.2 Å². The first-order valence-corrected chi connectivity index (χ1v) is 3.88. The Bertz CT molecular complexity index is 498. The first kappa shape index (κ1) is 8.38. The summed E-state index contributed by atoms with van der Waals surface area (Å²) in [6, 6.07) is 7.97. The minimum atomic E-state index is -0.401. The first-order chi connectivity index (χ1) is 6.81. The van der Waals surface area contributed by atoms with Crippen LogP contribution < -0.4 is 0 Å². The predicted molar refractivity (Wildman–Crippen MR) is 46.0 cm³/mol. The second-order valence-electron chi connectivity index (χ2n) is 2.61. The van der Waals surface area contributed by atoms with E-state index < -0.39 is 5.82 Å². The summed E-state index contributed by atoms with van der Waals surface area (Å²) < 4.78 is 14.4. The molecule has 2 rings (SSSR count). The summed E-state index contributed by atoms with van der Waals surface area (Å²) in [6.07, 6.45) is 1.37. The molecule has 2 aromatic rings. The second kappa shape index (κ2) is 3.26. The Morgan fingerprint density at radius 2 is 2.14 bits per heavy atom. The quantitative estimate of drug-likeness (QED) is 0.677. The lowest BCUT2D eigenvalue weighted by molar-refractivity contribution is 0.607. The molecule has 1 heterocycles. The molecule has 68 valence electrons. The summed E-state index contributed by atoms with van der Waals surface area (Å²) >= 11 is 0. The third kappa shape index (κ3) is 1.33. The van der Waals surface area contributed by atoms with Gasteiger partial charge in [0.05, 0.1) is 6.20 Å². The molecule has 0 aliphatic carbocycles. The molecule has 1 aromatic heterocycles. The molecule has 1 aromatic carbocycles. The zero-order valence-electron chi connectivity index (χ0n) is 7.05. The van der Waals surface area contributed by atoms with Crippen molar-refractivity contribution in [1.82, 2.24) is 15.0 Å². The van der Waals surface area contributed by atoms with Gasteiger partial charge in [0.25, 0.3) is 0 Å². The van der Waals surface area contributed by atoms with E-state index in [1.165, 1.54) is 16.9 Å². The highest BCUT2D eigenvalue weighted by Crippen LogP contribution is 2.10. The fraction of sp³-hybridized carbons (Fsp3) is 0. The number of nitrogens with zero attached hydrogens (tertiary/aromatic N) is 4. The minimum absolute atomic E-state index is 0.160.